The number of hydrogen-bond acceptors (Lipinski definition) is 7. The molecule has 0 saturated heterocycles. The van der Waals surface area contributed by atoms with E-state index in [1.165, 1.54) is 18.2 Å². The van der Waals surface area contributed by atoms with Crippen LogP contribution in [-0.4, -0.2) is 68.7 Å². The molecule has 6 atom stereocenters. The lowest BCUT2D eigenvalue weighted by Gasteiger charge is -2.28. The zero-order valence-corrected chi connectivity index (χ0v) is 31.5. The van der Waals surface area contributed by atoms with Crippen LogP contribution < -0.4 is 31.7 Å². The first-order valence-electron chi connectivity index (χ1n) is 17.5. The van der Waals surface area contributed by atoms with Gasteiger partial charge in [-0.3, -0.25) is 24.0 Å². The Bertz CT molecular complexity index is 1370. The Labute approximate surface area is 293 Å². The van der Waals surface area contributed by atoms with Crippen LogP contribution in [0, 0.1) is 23.7 Å². The van der Waals surface area contributed by atoms with Gasteiger partial charge < -0.3 is 26.6 Å². The number of hydrogen-bond donors (Lipinski definition) is 6. The summed E-state index contributed by atoms with van der Waals surface area (Å²) < 4.78 is 23.6. The molecule has 0 radical (unpaired) electrons. The highest BCUT2D eigenvalue weighted by molar-refractivity contribution is 7.89. The molecule has 0 spiro atoms. The molecule has 0 bridgehead atoms. The fourth-order valence-corrected chi connectivity index (χ4v) is 5.94. The van der Waals surface area contributed by atoms with Crippen molar-refractivity contribution in [2.24, 2.45) is 28.8 Å². The van der Waals surface area contributed by atoms with Gasteiger partial charge in [0.2, 0.25) is 33.7 Å². The zero-order chi connectivity index (χ0) is 37.5. The number of amides is 5. The van der Waals surface area contributed by atoms with E-state index in [0.717, 1.165) is 6.07 Å². The molecule has 0 aliphatic heterocycles. The summed E-state index contributed by atoms with van der Waals surface area (Å²) in [6, 6.07) is 2.47. The van der Waals surface area contributed by atoms with Crippen molar-refractivity contribution in [3.05, 3.63) is 29.8 Å². The first-order chi connectivity index (χ1) is 22.9. The van der Waals surface area contributed by atoms with Crippen LogP contribution in [0.2, 0.25) is 0 Å². The van der Waals surface area contributed by atoms with Crippen LogP contribution in [-0.2, 0) is 29.2 Å². The van der Waals surface area contributed by atoms with E-state index in [4.69, 9.17) is 5.14 Å². The zero-order valence-electron chi connectivity index (χ0n) is 30.7. The molecule has 0 heterocycles. The lowest BCUT2D eigenvalue weighted by Crippen LogP contribution is -2.56. The second-order valence-corrected chi connectivity index (χ2v) is 15.3. The Morgan fingerprint density at radius 3 is 1.94 bits per heavy atom. The SMILES string of the molecule is CCC[C@H](NC(=O)[C@@H](NC(=O)c1cccc(S(N)(=O)=O)c1)[C@@H](C)CC)C(=O)N[C@H](CC[C@@H](C)C(=O)NC(C(=O)NCC)C(C)C)CC(C)C. The van der Waals surface area contributed by atoms with Crippen LogP contribution in [0.25, 0.3) is 0 Å². The van der Waals surface area contributed by atoms with Crippen molar-refractivity contribution in [2.75, 3.05) is 6.54 Å². The minimum absolute atomic E-state index is 0.0267. The van der Waals surface area contributed by atoms with Crippen LogP contribution in [0.3, 0.4) is 0 Å². The van der Waals surface area contributed by atoms with Gasteiger partial charge >= 0.3 is 0 Å². The van der Waals surface area contributed by atoms with Crippen LogP contribution >= 0.6 is 0 Å². The number of carbonyl (C=O) groups is 5. The predicted molar refractivity (Wildman–Crippen MR) is 191 cm³/mol. The number of benzene rings is 1. The van der Waals surface area contributed by atoms with Gasteiger partial charge in [-0.25, -0.2) is 13.6 Å². The molecule has 7 N–H and O–H groups in total. The van der Waals surface area contributed by atoms with E-state index in [1.807, 2.05) is 48.5 Å². The molecule has 0 fully saturated rings. The van der Waals surface area contributed by atoms with Gasteiger partial charge in [0.1, 0.15) is 18.1 Å². The molecule has 0 saturated carbocycles. The van der Waals surface area contributed by atoms with E-state index in [2.05, 4.69) is 26.6 Å². The Kier molecular flexibility index (Phi) is 18.5. The smallest absolute Gasteiger partial charge is 0.251 e. The summed E-state index contributed by atoms with van der Waals surface area (Å²) in [5, 5.41) is 19.5. The van der Waals surface area contributed by atoms with Crippen molar-refractivity contribution in [3.8, 4) is 0 Å². The first kappa shape index (κ1) is 43.5. The highest BCUT2D eigenvalue weighted by Gasteiger charge is 2.31. The summed E-state index contributed by atoms with van der Waals surface area (Å²) in [5.41, 5.74) is 0.0267. The Balaban J connectivity index is 3.05. The van der Waals surface area contributed by atoms with Gasteiger partial charge in [0.15, 0.2) is 0 Å². The monoisotopic (exact) mass is 708 g/mol. The summed E-state index contributed by atoms with van der Waals surface area (Å²) >= 11 is 0. The van der Waals surface area contributed by atoms with Crippen LogP contribution in [0.4, 0.5) is 0 Å². The molecule has 0 aliphatic rings. The lowest BCUT2D eigenvalue weighted by molar-refractivity contribution is -0.132. The third-order valence-corrected chi connectivity index (χ3v) is 9.42. The van der Waals surface area contributed by atoms with Gasteiger partial charge in [0.05, 0.1) is 4.90 Å². The van der Waals surface area contributed by atoms with E-state index in [0.29, 0.717) is 45.1 Å². The maximum Gasteiger partial charge on any atom is 0.251 e. The minimum Gasteiger partial charge on any atom is -0.355 e. The Hall–Kier alpha value is -3.52. The molecule has 49 heavy (non-hydrogen) atoms. The van der Waals surface area contributed by atoms with Gasteiger partial charge in [-0.1, -0.05) is 74.3 Å². The van der Waals surface area contributed by atoms with Crippen molar-refractivity contribution >= 4 is 39.6 Å². The molecule has 13 nitrogen and oxygen atoms in total. The molecule has 0 aromatic heterocycles. The standard InChI is InChI=1S/C35H60N6O7S/c1-10-14-28(39-35(46)30(23(8)11-2)41-32(43)25-15-13-16-27(20-25)49(36,47)48)33(44)38-26(19-21(4)5)18-17-24(9)31(42)40-29(22(6)7)34(45)37-12-3/h13,15-16,20-24,26,28-30H,10-12,14,17-19H2,1-9H3,(H,37,45)(H,38,44)(H,39,46)(H,40,42)(H,41,43)(H2,36,47,48)/t23-,24+,26+,28-,29?,30-/m0/s1. The summed E-state index contributed by atoms with van der Waals surface area (Å²) in [5.74, 6) is -2.54. The molecule has 1 rings (SSSR count). The highest BCUT2D eigenvalue weighted by atomic mass is 32.2. The number of sulfonamides is 1. The average molecular weight is 709 g/mol. The molecule has 0 aliphatic carbocycles. The van der Waals surface area contributed by atoms with E-state index in [1.54, 1.807) is 13.8 Å². The van der Waals surface area contributed by atoms with Gasteiger partial charge in [-0.05, 0) is 68.6 Å². The van der Waals surface area contributed by atoms with Crippen molar-refractivity contribution in [2.45, 2.75) is 130 Å². The first-order valence-corrected chi connectivity index (χ1v) is 19.0. The van der Waals surface area contributed by atoms with Crippen LogP contribution in [0.15, 0.2) is 29.2 Å². The van der Waals surface area contributed by atoms with Gasteiger partial charge in [0.25, 0.3) is 5.91 Å². The number of nitrogens with two attached hydrogens (primary N) is 1. The molecule has 5 amide bonds. The van der Waals surface area contributed by atoms with Crippen LogP contribution in [0.1, 0.15) is 111 Å². The maximum atomic E-state index is 13.6. The summed E-state index contributed by atoms with van der Waals surface area (Å²) in [7, 11) is -4.04. The van der Waals surface area contributed by atoms with Gasteiger partial charge in [0, 0.05) is 24.1 Å². The van der Waals surface area contributed by atoms with E-state index < -0.39 is 45.9 Å². The number of carbonyl (C=O) groups excluding carboxylic acids is 5. The second kappa shape index (κ2) is 20.9. The van der Waals surface area contributed by atoms with E-state index in [9.17, 15) is 32.4 Å². The third-order valence-electron chi connectivity index (χ3n) is 8.51. The van der Waals surface area contributed by atoms with E-state index in [-0.39, 0.29) is 52.0 Å². The van der Waals surface area contributed by atoms with Gasteiger partial charge in [-0.15, -0.1) is 0 Å². The Morgan fingerprint density at radius 2 is 1.41 bits per heavy atom. The number of nitrogens with one attached hydrogen (secondary N) is 5. The molecule has 1 aromatic rings. The Morgan fingerprint density at radius 1 is 0.755 bits per heavy atom. The molecular formula is C35H60N6O7S. The topological polar surface area (TPSA) is 206 Å². The molecule has 14 heteroatoms. The molecule has 278 valence electrons. The third kappa shape index (κ3) is 14.9. The normalized spacial score (nSPS) is 15.3. The average Bonchev–Trinajstić information content (AvgIpc) is 3.03. The van der Waals surface area contributed by atoms with E-state index >= 15 is 0 Å². The maximum absolute atomic E-state index is 13.6. The van der Waals surface area contributed by atoms with Gasteiger partial charge in [-0.2, -0.15) is 0 Å². The summed E-state index contributed by atoms with van der Waals surface area (Å²) in [4.78, 5) is 65.6. The molecule has 1 aromatic carbocycles. The van der Waals surface area contributed by atoms with Crippen molar-refractivity contribution < 1.29 is 32.4 Å². The van der Waals surface area contributed by atoms with Crippen LogP contribution in [0.5, 0.6) is 0 Å². The fourth-order valence-electron chi connectivity index (χ4n) is 5.38. The number of rotatable bonds is 21. The van der Waals surface area contributed by atoms with Crippen molar-refractivity contribution in [1.29, 1.82) is 0 Å². The molecular weight excluding hydrogens is 648 g/mol. The summed E-state index contributed by atoms with van der Waals surface area (Å²) in [6.45, 7) is 17.5. The number of primary sulfonamides is 1. The summed E-state index contributed by atoms with van der Waals surface area (Å²) in [6.07, 6.45) is 3.16. The predicted octanol–water partition coefficient (Wildman–Crippen LogP) is 2.99. The minimum atomic E-state index is -4.04. The second-order valence-electron chi connectivity index (χ2n) is 13.7. The quantitative estimate of drug-likeness (QED) is 0.113. The largest absolute Gasteiger partial charge is 0.355 e. The molecule has 1 unspecified atom stereocenters. The lowest BCUT2D eigenvalue weighted by atomic mass is 9.94. The number of likely N-dealkylation sites (N-methyl/N-ethyl adjacent to an activating group) is 1. The van der Waals surface area contributed by atoms with Crippen molar-refractivity contribution in [3.63, 3.8) is 0 Å². The highest BCUT2D eigenvalue weighted by Crippen LogP contribution is 2.17. The van der Waals surface area contributed by atoms with Crippen molar-refractivity contribution in [1.82, 2.24) is 26.6 Å². The fraction of sp³-hybridized carbons (Fsp3) is 0.686.